The molecule has 1 saturated heterocycles. The molecule has 4 rings (SSSR count). The molecule has 1 fully saturated rings. The number of hydrogen-bond acceptors (Lipinski definition) is 5. The minimum absolute atomic E-state index is 0.0856. The van der Waals surface area contributed by atoms with E-state index < -0.39 is 11.6 Å². The van der Waals surface area contributed by atoms with E-state index in [1.54, 1.807) is 49.7 Å². The largest absolute Gasteiger partial charge is 0.455 e. The Bertz CT molecular complexity index is 1110. The summed E-state index contributed by atoms with van der Waals surface area (Å²) >= 11 is 6.23. The standard InChI is InChI=1S/C21H23ClN4O3/c1-21(2,3)29-20(28)18-17-11-15(19(27)25-8-6-23-7-9-25)14-10-13(22)4-5-16(14)26(17)12-24-18/h4-5,10-12,23H,6-9H2,1-3H3. The van der Waals surface area contributed by atoms with Gasteiger partial charge < -0.3 is 15.0 Å². The lowest BCUT2D eigenvalue weighted by Gasteiger charge is -2.28. The Hall–Kier alpha value is -2.64. The first-order valence-corrected chi connectivity index (χ1v) is 9.95. The molecular formula is C21H23ClN4O3. The van der Waals surface area contributed by atoms with Crippen molar-refractivity contribution in [2.75, 3.05) is 26.2 Å². The normalized spacial score (nSPS) is 15.1. The summed E-state index contributed by atoms with van der Waals surface area (Å²) in [7, 11) is 0. The third kappa shape index (κ3) is 3.80. The first-order valence-electron chi connectivity index (χ1n) is 9.57. The number of fused-ring (bicyclic) bond motifs is 3. The van der Waals surface area contributed by atoms with Crippen LogP contribution < -0.4 is 5.32 Å². The molecule has 1 N–H and O–H groups in total. The van der Waals surface area contributed by atoms with Gasteiger partial charge in [-0.1, -0.05) is 11.6 Å². The first-order chi connectivity index (χ1) is 13.7. The average Bonchev–Trinajstić information content (AvgIpc) is 3.10. The van der Waals surface area contributed by atoms with Crippen molar-refractivity contribution in [3.63, 3.8) is 0 Å². The van der Waals surface area contributed by atoms with Gasteiger partial charge in [-0.15, -0.1) is 0 Å². The molecule has 3 heterocycles. The summed E-state index contributed by atoms with van der Waals surface area (Å²) in [6, 6.07) is 7.09. The summed E-state index contributed by atoms with van der Waals surface area (Å²) in [6.07, 6.45) is 1.57. The van der Waals surface area contributed by atoms with Crippen molar-refractivity contribution in [3.05, 3.63) is 46.9 Å². The fourth-order valence-electron chi connectivity index (χ4n) is 3.54. The zero-order chi connectivity index (χ0) is 20.8. The fourth-order valence-corrected chi connectivity index (χ4v) is 3.71. The third-order valence-electron chi connectivity index (χ3n) is 4.82. The molecule has 2 aromatic heterocycles. The Morgan fingerprint density at radius 3 is 2.55 bits per heavy atom. The number of benzene rings is 1. The summed E-state index contributed by atoms with van der Waals surface area (Å²) in [5.74, 6) is -0.605. The Kier molecular flexibility index (Phi) is 4.96. The van der Waals surface area contributed by atoms with E-state index in [-0.39, 0.29) is 11.6 Å². The zero-order valence-corrected chi connectivity index (χ0v) is 17.4. The van der Waals surface area contributed by atoms with Crippen molar-refractivity contribution < 1.29 is 14.3 Å². The van der Waals surface area contributed by atoms with Gasteiger partial charge in [-0.25, -0.2) is 9.78 Å². The number of rotatable bonds is 2. The maximum absolute atomic E-state index is 13.3. The lowest BCUT2D eigenvalue weighted by molar-refractivity contribution is 0.00656. The van der Waals surface area contributed by atoms with Gasteiger partial charge >= 0.3 is 5.97 Å². The smallest absolute Gasteiger partial charge is 0.359 e. The highest BCUT2D eigenvalue weighted by molar-refractivity contribution is 6.31. The molecule has 0 aliphatic carbocycles. The molecule has 1 aromatic carbocycles. The predicted octanol–water partition coefficient (Wildman–Crippen LogP) is 3.14. The number of carbonyl (C=O) groups is 2. The maximum Gasteiger partial charge on any atom is 0.359 e. The van der Waals surface area contributed by atoms with Gasteiger partial charge in [0.1, 0.15) is 11.9 Å². The summed E-state index contributed by atoms with van der Waals surface area (Å²) in [6.45, 7) is 8.18. The van der Waals surface area contributed by atoms with Gasteiger partial charge in [0.15, 0.2) is 5.69 Å². The van der Waals surface area contributed by atoms with E-state index >= 15 is 0 Å². The van der Waals surface area contributed by atoms with E-state index in [2.05, 4.69) is 10.3 Å². The monoisotopic (exact) mass is 414 g/mol. The number of nitrogens with one attached hydrogen (secondary N) is 1. The molecular weight excluding hydrogens is 392 g/mol. The molecule has 29 heavy (non-hydrogen) atoms. The lowest BCUT2D eigenvalue weighted by Crippen LogP contribution is -2.46. The first kappa shape index (κ1) is 19.7. The molecule has 0 spiro atoms. The van der Waals surface area contributed by atoms with Crippen LogP contribution in [-0.4, -0.2) is 57.9 Å². The quantitative estimate of drug-likeness (QED) is 0.652. The molecule has 0 bridgehead atoms. The topological polar surface area (TPSA) is 75.9 Å². The number of aromatic nitrogens is 2. The van der Waals surface area contributed by atoms with Crippen LogP contribution in [0.4, 0.5) is 0 Å². The second kappa shape index (κ2) is 7.31. The van der Waals surface area contributed by atoms with Crippen LogP contribution in [0.1, 0.15) is 41.6 Å². The number of piperazine rings is 1. The SMILES string of the molecule is CC(C)(C)OC(=O)c1ncn2c1cc(C(=O)N1CCNCC1)c1cc(Cl)ccc12. The Morgan fingerprint density at radius 2 is 1.86 bits per heavy atom. The van der Waals surface area contributed by atoms with E-state index in [0.717, 1.165) is 24.0 Å². The minimum atomic E-state index is -0.642. The van der Waals surface area contributed by atoms with Crippen LogP contribution in [0.25, 0.3) is 16.4 Å². The molecule has 7 nitrogen and oxygen atoms in total. The molecule has 0 saturated carbocycles. The van der Waals surface area contributed by atoms with Gasteiger partial charge in [-0.05, 0) is 45.0 Å². The van der Waals surface area contributed by atoms with Crippen LogP contribution in [0.2, 0.25) is 5.02 Å². The fraction of sp³-hybridized carbons (Fsp3) is 0.381. The van der Waals surface area contributed by atoms with Gasteiger partial charge in [0.25, 0.3) is 5.91 Å². The van der Waals surface area contributed by atoms with Crippen molar-refractivity contribution in [1.82, 2.24) is 19.6 Å². The van der Waals surface area contributed by atoms with E-state index in [9.17, 15) is 9.59 Å². The van der Waals surface area contributed by atoms with Crippen LogP contribution in [0.3, 0.4) is 0 Å². The highest BCUT2D eigenvalue weighted by Gasteiger charge is 2.26. The van der Waals surface area contributed by atoms with Crippen molar-refractivity contribution >= 4 is 39.9 Å². The molecule has 1 aliphatic heterocycles. The molecule has 8 heteroatoms. The van der Waals surface area contributed by atoms with Crippen LogP contribution in [0.15, 0.2) is 30.6 Å². The Morgan fingerprint density at radius 1 is 1.14 bits per heavy atom. The predicted molar refractivity (Wildman–Crippen MR) is 112 cm³/mol. The average molecular weight is 415 g/mol. The van der Waals surface area contributed by atoms with E-state index in [1.807, 2.05) is 11.0 Å². The number of imidazole rings is 1. The molecule has 0 radical (unpaired) electrons. The van der Waals surface area contributed by atoms with Crippen LogP contribution in [0, 0.1) is 0 Å². The number of esters is 1. The molecule has 152 valence electrons. The van der Waals surface area contributed by atoms with E-state index in [4.69, 9.17) is 16.3 Å². The van der Waals surface area contributed by atoms with Gasteiger partial charge in [0, 0.05) is 36.6 Å². The van der Waals surface area contributed by atoms with E-state index in [1.165, 1.54) is 0 Å². The number of nitrogens with zero attached hydrogens (tertiary/aromatic N) is 3. The van der Waals surface area contributed by atoms with Crippen molar-refractivity contribution in [1.29, 1.82) is 0 Å². The molecule has 0 atom stereocenters. The zero-order valence-electron chi connectivity index (χ0n) is 16.7. The summed E-state index contributed by atoms with van der Waals surface area (Å²) in [5.41, 5.74) is 1.34. The summed E-state index contributed by atoms with van der Waals surface area (Å²) in [4.78, 5) is 32.1. The molecule has 3 aromatic rings. The highest BCUT2D eigenvalue weighted by Crippen LogP contribution is 2.28. The number of halogens is 1. The van der Waals surface area contributed by atoms with Gasteiger partial charge in [-0.2, -0.15) is 0 Å². The summed E-state index contributed by atoms with van der Waals surface area (Å²) in [5, 5.41) is 4.51. The maximum atomic E-state index is 13.3. The highest BCUT2D eigenvalue weighted by atomic mass is 35.5. The molecule has 1 aliphatic rings. The Balaban J connectivity index is 1.90. The second-order valence-electron chi connectivity index (χ2n) is 8.11. The van der Waals surface area contributed by atoms with Gasteiger partial charge in [-0.3, -0.25) is 9.20 Å². The number of carbonyl (C=O) groups excluding carboxylic acids is 2. The minimum Gasteiger partial charge on any atom is -0.455 e. The lowest BCUT2D eigenvalue weighted by atomic mass is 10.1. The van der Waals surface area contributed by atoms with Crippen molar-refractivity contribution in [3.8, 4) is 0 Å². The second-order valence-corrected chi connectivity index (χ2v) is 8.55. The van der Waals surface area contributed by atoms with Crippen molar-refractivity contribution in [2.45, 2.75) is 26.4 Å². The van der Waals surface area contributed by atoms with Crippen LogP contribution >= 0.6 is 11.6 Å². The van der Waals surface area contributed by atoms with Gasteiger partial charge in [0.05, 0.1) is 16.6 Å². The molecule has 0 unspecified atom stereocenters. The molecule has 1 amide bonds. The van der Waals surface area contributed by atoms with Crippen LogP contribution in [0.5, 0.6) is 0 Å². The van der Waals surface area contributed by atoms with E-state index in [0.29, 0.717) is 29.2 Å². The van der Waals surface area contributed by atoms with Crippen molar-refractivity contribution in [2.24, 2.45) is 0 Å². The summed E-state index contributed by atoms with van der Waals surface area (Å²) < 4.78 is 7.29. The Labute approximate surface area is 173 Å². The number of pyridine rings is 1. The van der Waals surface area contributed by atoms with Crippen LogP contribution in [-0.2, 0) is 4.74 Å². The third-order valence-corrected chi connectivity index (χ3v) is 5.06. The number of hydrogen-bond donors (Lipinski definition) is 1. The number of ether oxygens (including phenoxy) is 1. The van der Waals surface area contributed by atoms with Gasteiger partial charge in [0.2, 0.25) is 0 Å². The number of amides is 1.